The van der Waals surface area contributed by atoms with Crippen molar-refractivity contribution in [2.45, 2.75) is 117 Å². The molecule has 2 atom stereocenters. The van der Waals surface area contributed by atoms with Crippen LogP contribution in [0.3, 0.4) is 0 Å². The van der Waals surface area contributed by atoms with Gasteiger partial charge in [0.05, 0.1) is 13.1 Å². The fourth-order valence-corrected chi connectivity index (χ4v) is 4.30. The van der Waals surface area contributed by atoms with Crippen LogP contribution in [0.15, 0.2) is 17.1 Å². The molecule has 1 aliphatic heterocycles. The molecule has 0 spiro atoms. The molecule has 1 N–H and O–H groups in total. The van der Waals surface area contributed by atoms with Crippen molar-refractivity contribution >= 4 is 5.84 Å². The molecule has 0 saturated heterocycles. The monoisotopic (exact) mass is 379 g/mol. The molecule has 1 rings (SSSR count). The van der Waals surface area contributed by atoms with E-state index in [1.165, 1.54) is 89.3 Å². The van der Waals surface area contributed by atoms with Crippen molar-refractivity contribution in [3.63, 3.8) is 0 Å². The number of rotatable bonds is 17. The number of allylic oxidation sites excluding steroid dienone is 2. The first-order valence-corrected chi connectivity index (χ1v) is 11.9. The summed E-state index contributed by atoms with van der Waals surface area (Å²) in [5.74, 6) is 1.25. The lowest BCUT2D eigenvalue weighted by Crippen LogP contribution is -2.56. The van der Waals surface area contributed by atoms with Gasteiger partial charge in [-0.25, -0.2) is 4.99 Å². The molecule has 1 heterocycles. The van der Waals surface area contributed by atoms with Crippen molar-refractivity contribution < 1.29 is 9.59 Å². The molecule has 0 aliphatic carbocycles. The Morgan fingerprint density at radius 2 is 1.44 bits per heavy atom. The number of aliphatic hydroxyl groups excluding tert-OH is 1. The summed E-state index contributed by atoms with van der Waals surface area (Å²) >= 11 is 0. The lowest BCUT2D eigenvalue weighted by molar-refractivity contribution is -0.882. The zero-order valence-electron chi connectivity index (χ0n) is 18.6. The number of unbranched alkanes of at least 4 members (excludes halogenated alkanes) is 11. The van der Waals surface area contributed by atoms with E-state index in [0.717, 1.165) is 26.1 Å². The van der Waals surface area contributed by atoms with Gasteiger partial charge in [-0.1, -0.05) is 76.9 Å². The summed E-state index contributed by atoms with van der Waals surface area (Å²) < 4.78 is 0.717. The maximum Gasteiger partial charge on any atom is 0.200 e. The number of hydrogen-bond donors (Lipinski definition) is 1. The van der Waals surface area contributed by atoms with E-state index in [1.807, 2.05) is 6.92 Å². The molecule has 0 amide bonds. The van der Waals surface area contributed by atoms with E-state index in [2.05, 4.69) is 26.0 Å². The lowest BCUT2D eigenvalue weighted by Gasteiger charge is -2.36. The molecule has 0 aromatic carbocycles. The summed E-state index contributed by atoms with van der Waals surface area (Å²) in [4.78, 5) is 4.71. The van der Waals surface area contributed by atoms with E-state index >= 15 is 0 Å². The Bertz CT molecular complexity index is 417. The number of quaternary nitrogens is 1. The highest BCUT2D eigenvalue weighted by molar-refractivity contribution is 5.76. The van der Waals surface area contributed by atoms with Gasteiger partial charge < -0.3 is 5.11 Å². The van der Waals surface area contributed by atoms with Gasteiger partial charge in [0.15, 0.2) is 6.23 Å². The summed E-state index contributed by atoms with van der Waals surface area (Å²) in [6, 6.07) is 0. The van der Waals surface area contributed by atoms with Gasteiger partial charge in [-0.05, 0) is 32.6 Å². The van der Waals surface area contributed by atoms with E-state index in [4.69, 9.17) is 4.99 Å². The van der Waals surface area contributed by atoms with Crippen LogP contribution in [0.1, 0.15) is 111 Å². The fraction of sp³-hybridized carbons (Fsp3) is 0.875. The minimum Gasteiger partial charge on any atom is -0.345 e. The third kappa shape index (κ3) is 9.38. The molecule has 3 nitrogen and oxygen atoms in total. The third-order valence-electron chi connectivity index (χ3n) is 6.23. The Balaban J connectivity index is 1.92. The van der Waals surface area contributed by atoms with E-state index in [-0.39, 0.29) is 6.23 Å². The van der Waals surface area contributed by atoms with E-state index < -0.39 is 0 Å². The Kier molecular flexibility index (Phi) is 13.8. The van der Waals surface area contributed by atoms with Gasteiger partial charge in [-0.15, -0.1) is 0 Å². The first kappa shape index (κ1) is 24.4. The minimum absolute atomic E-state index is 0.316. The number of hydrogen-bond acceptors (Lipinski definition) is 2. The van der Waals surface area contributed by atoms with Crippen LogP contribution in [0.2, 0.25) is 0 Å². The van der Waals surface area contributed by atoms with Crippen molar-refractivity contribution in [2.24, 2.45) is 4.99 Å². The van der Waals surface area contributed by atoms with Crippen LogP contribution in [-0.4, -0.2) is 41.3 Å². The Morgan fingerprint density at radius 1 is 0.889 bits per heavy atom. The van der Waals surface area contributed by atoms with E-state index in [9.17, 15) is 5.11 Å². The predicted octanol–water partition coefficient (Wildman–Crippen LogP) is 6.61. The van der Waals surface area contributed by atoms with Crippen LogP contribution in [0.25, 0.3) is 0 Å². The summed E-state index contributed by atoms with van der Waals surface area (Å²) in [7, 11) is 0. The molecule has 0 saturated carbocycles. The fourth-order valence-electron chi connectivity index (χ4n) is 4.30. The topological polar surface area (TPSA) is 32.6 Å². The molecule has 158 valence electrons. The summed E-state index contributed by atoms with van der Waals surface area (Å²) in [6.45, 7) is 9.18. The Morgan fingerprint density at radius 3 is 2.00 bits per heavy atom. The van der Waals surface area contributed by atoms with Gasteiger partial charge in [0.1, 0.15) is 6.54 Å². The third-order valence-corrected chi connectivity index (χ3v) is 6.23. The van der Waals surface area contributed by atoms with Crippen molar-refractivity contribution in [1.29, 1.82) is 0 Å². The molecule has 3 heteroatoms. The first-order chi connectivity index (χ1) is 13.2. The van der Waals surface area contributed by atoms with Crippen LogP contribution < -0.4 is 0 Å². The normalized spacial score (nSPS) is 21.1. The largest absolute Gasteiger partial charge is 0.345 e. The van der Waals surface area contributed by atoms with Gasteiger partial charge in [-0.3, -0.25) is 4.48 Å². The Labute approximate surface area is 169 Å². The predicted molar refractivity (Wildman–Crippen MR) is 119 cm³/mol. The molecule has 2 unspecified atom stereocenters. The zero-order valence-corrected chi connectivity index (χ0v) is 18.6. The summed E-state index contributed by atoms with van der Waals surface area (Å²) in [5.41, 5.74) is 0. The molecule has 0 radical (unpaired) electrons. The Hall–Kier alpha value is -0.670. The van der Waals surface area contributed by atoms with E-state index in [0.29, 0.717) is 4.48 Å². The van der Waals surface area contributed by atoms with Crippen LogP contribution in [-0.2, 0) is 0 Å². The number of amidine groups is 1. The number of aliphatic hydroxyl groups is 1. The van der Waals surface area contributed by atoms with Crippen molar-refractivity contribution in [3.8, 4) is 0 Å². The van der Waals surface area contributed by atoms with Crippen molar-refractivity contribution in [3.05, 3.63) is 12.2 Å². The molecule has 0 aromatic rings. The second kappa shape index (κ2) is 15.3. The lowest BCUT2D eigenvalue weighted by atomic mass is 10.0. The van der Waals surface area contributed by atoms with E-state index in [1.54, 1.807) is 0 Å². The highest BCUT2D eigenvalue weighted by Gasteiger charge is 2.40. The van der Waals surface area contributed by atoms with Crippen LogP contribution in [0, 0.1) is 0 Å². The molecule has 0 aromatic heterocycles. The number of likely N-dealkylation sites (N-methyl/N-ethyl adjacent to an activating group) is 1. The maximum absolute atomic E-state index is 10.2. The maximum atomic E-state index is 10.2. The molecular weight excluding hydrogens is 332 g/mol. The smallest absolute Gasteiger partial charge is 0.200 e. The second-order valence-electron chi connectivity index (χ2n) is 8.34. The molecule has 0 fully saturated rings. The molecular formula is C24H47N2O+. The van der Waals surface area contributed by atoms with Gasteiger partial charge in [0.2, 0.25) is 5.84 Å². The van der Waals surface area contributed by atoms with Gasteiger partial charge in [0, 0.05) is 13.3 Å². The highest BCUT2D eigenvalue weighted by atomic mass is 16.3. The summed E-state index contributed by atoms with van der Waals surface area (Å²) in [6.07, 6.45) is 23.0. The van der Waals surface area contributed by atoms with Crippen LogP contribution in [0.4, 0.5) is 0 Å². The van der Waals surface area contributed by atoms with Crippen LogP contribution >= 0.6 is 0 Å². The van der Waals surface area contributed by atoms with Gasteiger partial charge in [-0.2, -0.15) is 0 Å². The summed E-state index contributed by atoms with van der Waals surface area (Å²) in [5, 5.41) is 10.2. The van der Waals surface area contributed by atoms with Crippen molar-refractivity contribution in [1.82, 2.24) is 0 Å². The molecule has 27 heavy (non-hydrogen) atoms. The molecule has 0 bridgehead atoms. The first-order valence-electron chi connectivity index (χ1n) is 11.9. The van der Waals surface area contributed by atoms with Gasteiger partial charge >= 0.3 is 0 Å². The average molecular weight is 380 g/mol. The number of nitrogens with zero attached hydrogens (tertiary/aromatic N) is 2. The van der Waals surface area contributed by atoms with Crippen molar-refractivity contribution in [2.75, 3.05) is 19.6 Å². The standard InChI is InChI=1S/C24H47N2O/c1-4-6-7-8-9-10-11-12-13-14-15-16-17-18-19-20-24-25-21-22-26(24,5-2)23(3)27/h7-8,23,27H,4-6,9-22H2,1-3H3/q+1/b8-7+. The average Bonchev–Trinajstić information content (AvgIpc) is 3.09. The molecule has 1 aliphatic rings. The second-order valence-corrected chi connectivity index (χ2v) is 8.34. The van der Waals surface area contributed by atoms with Gasteiger partial charge in [0.25, 0.3) is 0 Å². The highest BCUT2D eigenvalue weighted by Crippen LogP contribution is 2.23. The quantitative estimate of drug-likeness (QED) is 0.172. The minimum atomic E-state index is -0.316. The SMILES string of the molecule is CCC/C=C/CCCCCCCCCCCCC1=NCC[N+]1(CC)C(C)O. The zero-order chi connectivity index (χ0) is 19.8. The van der Waals surface area contributed by atoms with Crippen LogP contribution in [0.5, 0.6) is 0 Å². The number of aliphatic imine (C=N–C) groups is 1.